The molecule has 1 aliphatic rings. The number of anilines is 4. The molecule has 190 valence electrons. The summed E-state index contributed by atoms with van der Waals surface area (Å²) in [5, 5.41) is 11.6. The molecule has 0 spiro atoms. The van der Waals surface area contributed by atoms with E-state index in [2.05, 4.69) is 25.9 Å². The van der Waals surface area contributed by atoms with Gasteiger partial charge in [-0.1, -0.05) is 31.0 Å². The number of nitrogens with zero attached hydrogens (tertiary/aromatic N) is 2. The van der Waals surface area contributed by atoms with Crippen LogP contribution in [0.5, 0.6) is 0 Å². The first kappa shape index (κ1) is 24.6. The zero-order valence-corrected chi connectivity index (χ0v) is 20.6. The molecule has 2 unspecified atom stereocenters. The van der Waals surface area contributed by atoms with Crippen LogP contribution in [0.3, 0.4) is 0 Å². The third kappa shape index (κ3) is 5.37. The van der Waals surface area contributed by atoms with Crippen LogP contribution >= 0.6 is 11.3 Å². The van der Waals surface area contributed by atoms with E-state index in [-0.39, 0.29) is 35.2 Å². The fourth-order valence-corrected chi connectivity index (χ4v) is 5.39. The Morgan fingerprint density at radius 2 is 1.81 bits per heavy atom. The van der Waals surface area contributed by atoms with E-state index in [1.807, 2.05) is 29.6 Å². The lowest BCUT2D eigenvalue weighted by atomic mass is 9.91. The number of nitrogens with one attached hydrogen (secondary N) is 3. The lowest BCUT2D eigenvalue weighted by Crippen LogP contribution is -2.43. The van der Waals surface area contributed by atoms with Crippen molar-refractivity contribution in [3.05, 3.63) is 71.1 Å². The lowest BCUT2D eigenvalue weighted by Gasteiger charge is -2.30. The Labute approximate surface area is 216 Å². The van der Waals surface area contributed by atoms with Gasteiger partial charge in [0.05, 0.1) is 34.9 Å². The van der Waals surface area contributed by atoms with Crippen LogP contribution in [-0.2, 0) is 0 Å². The molecule has 3 heterocycles. The molecule has 0 saturated heterocycles. The molecule has 4 aromatic rings. The number of carbonyl (C=O) groups excluding carboxylic acids is 2. The minimum atomic E-state index is -0.837. The number of carbonyl (C=O) groups is 2. The van der Waals surface area contributed by atoms with Gasteiger partial charge in [0.15, 0.2) is 11.6 Å². The zero-order valence-electron chi connectivity index (χ0n) is 19.8. The Hall–Kier alpha value is -4.09. The van der Waals surface area contributed by atoms with E-state index in [0.29, 0.717) is 16.9 Å². The number of pyridine rings is 2. The monoisotopic (exact) mass is 519 g/mol. The number of nitrogens with two attached hydrogens (primary N) is 2. The Bertz CT molecular complexity index is 1470. The maximum atomic E-state index is 14.8. The first-order chi connectivity index (χ1) is 17.9. The van der Waals surface area contributed by atoms with Gasteiger partial charge in [-0.05, 0) is 31.0 Å². The third-order valence-corrected chi connectivity index (χ3v) is 7.33. The SMILES string of the molecule is NC(=O)c1cc(F)c(NC2CCCCC2N)nc1Nc1cncc(NC(=O)c2csc3ccccc23)c1. The molecule has 2 atom stereocenters. The van der Waals surface area contributed by atoms with Crippen LogP contribution in [0.15, 0.2) is 54.2 Å². The van der Waals surface area contributed by atoms with Gasteiger partial charge in [0.2, 0.25) is 0 Å². The van der Waals surface area contributed by atoms with Crippen molar-refractivity contribution in [3.8, 4) is 0 Å². The van der Waals surface area contributed by atoms with Gasteiger partial charge >= 0.3 is 0 Å². The lowest BCUT2D eigenvalue weighted by molar-refractivity contribution is 0.0998. The number of hydrogen-bond acceptors (Lipinski definition) is 8. The number of thiophene rings is 1. The van der Waals surface area contributed by atoms with Crippen LogP contribution in [0.1, 0.15) is 46.4 Å². The maximum absolute atomic E-state index is 14.8. The number of rotatable bonds is 7. The summed E-state index contributed by atoms with van der Waals surface area (Å²) in [5.41, 5.74) is 13.0. The van der Waals surface area contributed by atoms with Crippen molar-refractivity contribution in [2.75, 3.05) is 16.0 Å². The van der Waals surface area contributed by atoms with Gasteiger partial charge in [0.25, 0.3) is 11.8 Å². The highest BCUT2D eigenvalue weighted by atomic mass is 32.1. The van der Waals surface area contributed by atoms with Gasteiger partial charge in [-0.25, -0.2) is 9.37 Å². The van der Waals surface area contributed by atoms with Gasteiger partial charge in [-0.3, -0.25) is 14.6 Å². The molecule has 1 fully saturated rings. The smallest absolute Gasteiger partial charge is 0.257 e. The molecule has 11 heteroatoms. The Balaban J connectivity index is 1.38. The van der Waals surface area contributed by atoms with Crippen molar-refractivity contribution in [1.29, 1.82) is 0 Å². The number of halogens is 1. The molecule has 0 radical (unpaired) electrons. The van der Waals surface area contributed by atoms with E-state index >= 15 is 0 Å². The van der Waals surface area contributed by atoms with Crippen LogP contribution in [-0.4, -0.2) is 33.9 Å². The standard InChI is InChI=1S/C26H26FN7O2S/c27-19-10-17(23(29)35)24(34-25(19)33-21-7-3-2-6-20(21)28)31-14-9-15(12-30-11-14)32-26(36)18-13-37-22-8-4-1-5-16(18)22/h1,4-5,8-13,20-21H,2-3,6-7,28H2,(H2,29,35)(H,32,36)(H2,31,33,34). The highest BCUT2D eigenvalue weighted by molar-refractivity contribution is 7.17. The molecule has 9 nitrogen and oxygen atoms in total. The largest absolute Gasteiger partial charge is 0.365 e. The van der Waals surface area contributed by atoms with E-state index < -0.39 is 11.7 Å². The molecule has 5 rings (SSSR count). The van der Waals surface area contributed by atoms with E-state index in [1.54, 1.807) is 6.07 Å². The topological polar surface area (TPSA) is 148 Å². The Morgan fingerprint density at radius 3 is 2.62 bits per heavy atom. The molecule has 3 aromatic heterocycles. The van der Waals surface area contributed by atoms with Crippen molar-refractivity contribution in [2.45, 2.75) is 37.8 Å². The minimum Gasteiger partial charge on any atom is -0.365 e. The first-order valence-corrected chi connectivity index (χ1v) is 12.8. The fraction of sp³-hybridized carbons (Fsp3) is 0.231. The first-order valence-electron chi connectivity index (χ1n) is 11.9. The van der Waals surface area contributed by atoms with Gasteiger partial charge in [0, 0.05) is 27.5 Å². The van der Waals surface area contributed by atoms with Gasteiger partial charge < -0.3 is 27.4 Å². The van der Waals surface area contributed by atoms with Crippen molar-refractivity contribution in [3.63, 3.8) is 0 Å². The molecular formula is C26H26FN7O2S. The van der Waals surface area contributed by atoms with E-state index in [0.717, 1.165) is 41.8 Å². The molecule has 1 aliphatic carbocycles. The molecule has 7 N–H and O–H groups in total. The normalized spacial score (nSPS) is 17.4. The summed E-state index contributed by atoms with van der Waals surface area (Å²) >= 11 is 1.49. The van der Waals surface area contributed by atoms with Crippen LogP contribution in [0, 0.1) is 5.82 Å². The molecular weight excluding hydrogens is 493 g/mol. The number of benzene rings is 1. The van der Waals surface area contributed by atoms with Crippen LogP contribution < -0.4 is 27.4 Å². The quantitative estimate of drug-likeness (QED) is 0.239. The van der Waals surface area contributed by atoms with Crippen LogP contribution in [0.4, 0.5) is 27.4 Å². The second-order valence-corrected chi connectivity index (χ2v) is 9.88. The number of aromatic nitrogens is 2. The van der Waals surface area contributed by atoms with Crippen molar-refractivity contribution in [1.82, 2.24) is 9.97 Å². The summed E-state index contributed by atoms with van der Waals surface area (Å²) < 4.78 is 15.8. The minimum absolute atomic E-state index is 0.0170. The molecule has 37 heavy (non-hydrogen) atoms. The van der Waals surface area contributed by atoms with E-state index in [1.165, 1.54) is 23.7 Å². The summed E-state index contributed by atoms with van der Waals surface area (Å²) in [6.07, 6.45) is 6.66. The summed E-state index contributed by atoms with van der Waals surface area (Å²) in [6, 6.07) is 10.1. The number of primary amides is 1. The summed E-state index contributed by atoms with van der Waals surface area (Å²) in [7, 11) is 0. The van der Waals surface area contributed by atoms with Gasteiger partial charge in [-0.15, -0.1) is 11.3 Å². The zero-order chi connectivity index (χ0) is 25.9. The van der Waals surface area contributed by atoms with Gasteiger partial charge in [-0.2, -0.15) is 0 Å². The van der Waals surface area contributed by atoms with E-state index in [4.69, 9.17) is 11.5 Å². The van der Waals surface area contributed by atoms with Crippen molar-refractivity contribution < 1.29 is 14.0 Å². The van der Waals surface area contributed by atoms with Gasteiger partial charge in [0.1, 0.15) is 5.82 Å². The molecule has 2 amide bonds. The Morgan fingerprint density at radius 1 is 1.03 bits per heavy atom. The average molecular weight is 520 g/mol. The molecule has 0 bridgehead atoms. The average Bonchev–Trinajstić information content (AvgIpc) is 3.32. The number of fused-ring (bicyclic) bond motifs is 1. The highest BCUT2D eigenvalue weighted by Crippen LogP contribution is 2.29. The van der Waals surface area contributed by atoms with Crippen molar-refractivity contribution >= 4 is 56.2 Å². The van der Waals surface area contributed by atoms with E-state index in [9.17, 15) is 14.0 Å². The number of amides is 2. The second-order valence-electron chi connectivity index (χ2n) is 8.97. The van der Waals surface area contributed by atoms with Crippen LogP contribution in [0.25, 0.3) is 10.1 Å². The predicted octanol–water partition coefficient (Wildman–Crippen LogP) is 4.61. The summed E-state index contributed by atoms with van der Waals surface area (Å²) in [5.74, 6) is -1.76. The molecule has 1 saturated carbocycles. The molecule has 0 aliphatic heterocycles. The fourth-order valence-electron chi connectivity index (χ4n) is 4.45. The summed E-state index contributed by atoms with van der Waals surface area (Å²) in [6.45, 7) is 0. The maximum Gasteiger partial charge on any atom is 0.257 e. The Kier molecular flexibility index (Phi) is 6.97. The summed E-state index contributed by atoms with van der Waals surface area (Å²) in [4.78, 5) is 33.4. The number of hydrogen-bond donors (Lipinski definition) is 5. The predicted molar refractivity (Wildman–Crippen MR) is 144 cm³/mol. The van der Waals surface area contributed by atoms with Crippen LogP contribution in [0.2, 0.25) is 0 Å². The third-order valence-electron chi connectivity index (χ3n) is 6.37. The second kappa shape index (κ2) is 10.5. The highest BCUT2D eigenvalue weighted by Gasteiger charge is 2.24. The van der Waals surface area contributed by atoms with Crippen molar-refractivity contribution in [2.24, 2.45) is 11.5 Å². The molecule has 1 aromatic carbocycles.